The zero-order chi connectivity index (χ0) is 17.0. The minimum atomic E-state index is -4.17. The maximum Gasteiger partial charge on any atom is 0.409 e. The van der Waals surface area contributed by atoms with E-state index in [1.165, 1.54) is 48.5 Å². The highest BCUT2D eigenvalue weighted by Crippen LogP contribution is 2.36. The molecule has 0 atom stereocenters. The number of anilines is 1. The van der Waals surface area contributed by atoms with Gasteiger partial charge in [-0.1, -0.05) is 36.0 Å². The highest BCUT2D eigenvalue weighted by atomic mass is 32.2. The molecule has 9 heteroatoms. The molecule has 0 unspecified atom stereocenters. The lowest BCUT2D eigenvalue weighted by molar-refractivity contribution is 0.209. The van der Waals surface area contributed by atoms with Crippen LogP contribution in [0.1, 0.15) is 0 Å². The zero-order valence-corrected chi connectivity index (χ0v) is 13.1. The van der Waals surface area contributed by atoms with Gasteiger partial charge in [-0.25, -0.2) is 13.2 Å². The number of carboxylic acid groups (broad SMARTS) is 1. The molecule has 23 heavy (non-hydrogen) atoms. The molecule has 0 aliphatic carbocycles. The molecule has 0 spiro atoms. The molecular weight excluding hydrogens is 348 g/mol. The summed E-state index contributed by atoms with van der Waals surface area (Å²) in [5.41, 5.74) is -0.142. The molecule has 0 aromatic heterocycles. The summed E-state index contributed by atoms with van der Waals surface area (Å²) in [4.78, 5) is 10.1. The van der Waals surface area contributed by atoms with Crippen LogP contribution in [-0.4, -0.2) is 25.4 Å². The standard InChI is InChI=1S/C14H11F2NO4S2/c15-13(16)22-10-6-2-4-8-12(10)23(20,21)11-7-3-1-5-9(11)17-14(18)19/h1-8,13,17H,(H,18,19). The van der Waals surface area contributed by atoms with Crippen LogP contribution < -0.4 is 5.32 Å². The number of benzene rings is 2. The number of nitrogens with one attached hydrogen (secondary N) is 1. The van der Waals surface area contributed by atoms with Crippen molar-refractivity contribution in [1.29, 1.82) is 0 Å². The molecule has 0 heterocycles. The molecular formula is C14H11F2NO4S2. The third kappa shape index (κ3) is 3.99. The fraction of sp³-hybridized carbons (Fsp3) is 0.0714. The first-order valence-corrected chi connectivity index (χ1v) is 8.56. The first-order chi connectivity index (χ1) is 10.8. The Balaban J connectivity index is 2.58. The molecule has 0 saturated heterocycles. The van der Waals surface area contributed by atoms with E-state index in [4.69, 9.17) is 5.11 Å². The number of hydrogen-bond donors (Lipinski definition) is 2. The molecule has 0 bridgehead atoms. The predicted molar refractivity (Wildman–Crippen MR) is 81.8 cm³/mol. The van der Waals surface area contributed by atoms with E-state index in [1.54, 1.807) is 0 Å². The van der Waals surface area contributed by atoms with Crippen LogP contribution in [0.4, 0.5) is 19.3 Å². The van der Waals surface area contributed by atoms with Crippen LogP contribution in [0.3, 0.4) is 0 Å². The lowest BCUT2D eigenvalue weighted by Gasteiger charge is -2.13. The average molecular weight is 359 g/mol. The maximum atomic E-state index is 12.7. The third-order valence-electron chi connectivity index (χ3n) is 2.77. The number of rotatable bonds is 5. The molecule has 5 nitrogen and oxygen atoms in total. The van der Waals surface area contributed by atoms with Crippen molar-refractivity contribution in [1.82, 2.24) is 0 Å². The summed E-state index contributed by atoms with van der Waals surface area (Å²) in [5.74, 6) is -2.78. The van der Waals surface area contributed by atoms with Gasteiger partial charge in [0.2, 0.25) is 9.84 Å². The molecule has 2 aromatic rings. The van der Waals surface area contributed by atoms with Gasteiger partial charge < -0.3 is 5.11 Å². The molecule has 2 rings (SSSR count). The van der Waals surface area contributed by atoms with E-state index in [0.29, 0.717) is 0 Å². The third-order valence-corrected chi connectivity index (χ3v) is 5.56. The highest BCUT2D eigenvalue weighted by molar-refractivity contribution is 8.00. The Kier molecular flexibility index (Phi) is 5.22. The van der Waals surface area contributed by atoms with E-state index in [0.717, 1.165) is 0 Å². The molecule has 0 aliphatic rings. The number of para-hydroxylation sites is 1. The number of alkyl halides is 2. The van der Waals surface area contributed by atoms with Gasteiger partial charge in [-0.3, -0.25) is 5.32 Å². The number of sulfone groups is 1. The van der Waals surface area contributed by atoms with Crippen LogP contribution in [0.2, 0.25) is 0 Å². The second-order valence-electron chi connectivity index (χ2n) is 4.25. The number of halogens is 2. The van der Waals surface area contributed by atoms with Crippen molar-refractivity contribution in [3.05, 3.63) is 48.5 Å². The first kappa shape index (κ1) is 17.2. The summed E-state index contributed by atoms with van der Waals surface area (Å²) in [5, 5.41) is 10.8. The van der Waals surface area contributed by atoms with Gasteiger partial charge in [-0.15, -0.1) is 0 Å². The van der Waals surface area contributed by atoms with Crippen LogP contribution in [0, 0.1) is 0 Å². The number of carbonyl (C=O) groups is 1. The summed E-state index contributed by atoms with van der Waals surface area (Å²) >= 11 is 0.117. The van der Waals surface area contributed by atoms with Crippen molar-refractivity contribution in [2.75, 3.05) is 5.32 Å². The second kappa shape index (κ2) is 6.97. The van der Waals surface area contributed by atoms with Crippen molar-refractivity contribution in [2.45, 2.75) is 20.4 Å². The van der Waals surface area contributed by atoms with Crippen LogP contribution >= 0.6 is 11.8 Å². The lowest BCUT2D eigenvalue weighted by atomic mass is 10.3. The van der Waals surface area contributed by atoms with Crippen molar-refractivity contribution in [3.63, 3.8) is 0 Å². The van der Waals surface area contributed by atoms with Gasteiger partial charge in [0.15, 0.2) is 0 Å². The van der Waals surface area contributed by atoms with Crippen LogP contribution in [0.25, 0.3) is 0 Å². The van der Waals surface area contributed by atoms with Gasteiger partial charge in [0.25, 0.3) is 5.76 Å². The maximum absolute atomic E-state index is 12.7. The minimum absolute atomic E-state index is 0.104. The van der Waals surface area contributed by atoms with Crippen LogP contribution in [0.5, 0.6) is 0 Å². The van der Waals surface area contributed by atoms with E-state index in [9.17, 15) is 22.0 Å². The van der Waals surface area contributed by atoms with Gasteiger partial charge in [-0.2, -0.15) is 8.78 Å². The predicted octanol–water partition coefficient (Wildman–Crippen LogP) is 3.92. The number of amides is 1. The quantitative estimate of drug-likeness (QED) is 0.791. The molecule has 0 aliphatic heterocycles. The smallest absolute Gasteiger partial charge is 0.409 e. The Hall–Kier alpha value is -2.13. The van der Waals surface area contributed by atoms with E-state index in [-0.39, 0.29) is 32.1 Å². The number of hydrogen-bond acceptors (Lipinski definition) is 4. The molecule has 2 N–H and O–H groups in total. The van der Waals surface area contributed by atoms with E-state index in [2.05, 4.69) is 0 Å². The van der Waals surface area contributed by atoms with Gasteiger partial charge >= 0.3 is 6.09 Å². The largest absolute Gasteiger partial charge is 0.465 e. The second-order valence-corrected chi connectivity index (χ2v) is 7.17. The summed E-state index contributed by atoms with van der Waals surface area (Å²) in [6, 6.07) is 10.7. The van der Waals surface area contributed by atoms with Crippen molar-refractivity contribution >= 4 is 33.4 Å². The highest BCUT2D eigenvalue weighted by Gasteiger charge is 2.25. The molecule has 0 fully saturated rings. The number of thioether (sulfide) groups is 1. The van der Waals surface area contributed by atoms with Crippen LogP contribution in [-0.2, 0) is 9.84 Å². The average Bonchev–Trinajstić information content (AvgIpc) is 2.46. The van der Waals surface area contributed by atoms with Gasteiger partial charge in [-0.05, 0) is 24.3 Å². The Morgan fingerprint density at radius 2 is 1.61 bits per heavy atom. The van der Waals surface area contributed by atoms with Gasteiger partial charge in [0, 0.05) is 4.90 Å². The Bertz CT molecular complexity index is 825. The van der Waals surface area contributed by atoms with Crippen molar-refractivity contribution in [3.8, 4) is 0 Å². The Labute approximate surface area is 135 Å². The first-order valence-electron chi connectivity index (χ1n) is 6.20. The molecule has 0 radical (unpaired) electrons. The fourth-order valence-corrected chi connectivity index (χ4v) is 4.40. The SMILES string of the molecule is O=C(O)Nc1ccccc1S(=O)(=O)c1ccccc1SC(F)F. The Morgan fingerprint density at radius 3 is 2.22 bits per heavy atom. The summed E-state index contributed by atoms with van der Waals surface area (Å²) < 4.78 is 50.7. The molecule has 1 amide bonds. The van der Waals surface area contributed by atoms with E-state index in [1.807, 2.05) is 5.32 Å². The minimum Gasteiger partial charge on any atom is -0.465 e. The zero-order valence-electron chi connectivity index (χ0n) is 11.4. The van der Waals surface area contributed by atoms with Gasteiger partial charge in [0.05, 0.1) is 15.5 Å². The van der Waals surface area contributed by atoms with Gasteiger partial charge in [0.1, 0.15) is 0 Å². The molecule has 0 saturated carbocycles. The Morgan fingerprint density at radius 1 is 1.04 bits per heavy atom. The normalized spacial score (nSPS) is 11.4. The van der Waals surface area contributed by atoms with E-state index < -0.39 is 21.7 Å². The van der Waals surface area contributed by atoms with E-state index >= 15 is 0 Å². The summed E-state index contributed by atoms with van der Waals surface area (Å²) in [7, 11) is -4.17. The summed E-state index contributed by atoms with van der Waals surface area (Å²) in [6.07, 6.45) is -1.43. The monoisotopic (exact) mass is 359 g/mol. The topological polar surface area (TPSA) is 83.5 Å². The summed E-state index contributed by atoms with van der Waals surface area (Å²) in [6.45, 7) is 0. The molecule has 2 aromatic carbocycles. The van der Waals surface area contributed by atoms with Crippen molar-refractivity contribution in [2.24, 2.45) is 0 Å². The fourth-order valence-electron chi connectivity index (χ4n) is 1.90. The lowest BCUT2D eigenvalue weighted by Crippen LogP contribution is -2.12. The molecule has 122 valence electrons. The van der Waals surface area contributed by atoms with Crippen LogP contribution in [0.15, 0.2) is 63.2 Å². The van der Waals surface area contributed by atoms with Crippen molar-refractivity contribution < 1.29 is 27.1 Å².